The first-order valence-corrected chi connectivity index (χ1v) is 52.6. The largest absolute Gasteiger partial charge is 0.456 e. The maximum absolute atomic E-state index is 6.50. The number of furan rings is 1. The molecule has 0 amide bonds. The molecule has 0 aliphatic rings. The summed E-state index contributed by atoms with van der Waals surface area (Å²) in [4.78, 5) is 0. The first-order chi connectivity index (χ1) is 70.6. The van der Waals surface area contributed by atoms with Gasteiger partial charge in [0, 0.05) is 93.1 Å². The van der Waals surface area contributed by atoms with Gasteiger partial charge in [-0.1, -0.05) is 338 Å². The van der Waals surface area contributed by atoms with Crippen LogP contribution in [-0.2, 0) is 35.2 Å². The molecular formula is C134H137N10OS+5. The number of nitrogens with zero attached hydrogens (tertiary/aromatic N) is 10. The number of hydrogen-bond donors (Lipinski definition) is 0. The van der Waals surface area contributed by atoms with E-state index in [0.717, 1.165) is 11.2 Å². The van der Waals surface area contributed by atoms with Crippen LogP contribution in [0.1, 0.15) is 185 Å². The normalized spacial score (nSPS) is 11.6. The second-order valence-electron chi connectivity index (χ2n) is 41.3. The third-order valence-corrected chi connectivity index (χ3v) is 30.6. The molecule has 23 aromatic rings. The number of hydrogen-bond acceptors (Lipinski definition) is 2. The predicted molar refractivity (Wildman–Crippen MR) is 613 cm³/mol. The summed E-state index contributed by atoms with van der Waals surface area (Å²) in [6, 6.07) is 115. The molecule has 8 aromatic heterocycles. The van der Waals surface area contributed by atoms with E-state index in [1.165, 1.54) is 227 Å². The smallest absolute Gasteiger partial charge is 0.294 e. The van der Waals surface area contributed by atoms with Gasteiger partial charge in [0.1, 0.15) is 101 Å². The molecule has 8 heterocycles. The molecule has 0 saturated heterocycles. The van der Waals surface area contributed by atoms with E-state index >= 15 is 0 Å². The molecule has 15 aromatic carbocycles. The Balaban J connectivity index is 0.000000116. The lowest BCUT2D eigenvalue weighted by molar-refractivity contribution is -0.659. The molecule has 146 heavy (non-hydrogen) atoms. The highest BCUT2D eigenvalue weighted by molar-refractivity contribution is 7.26. The summed E-state index contributed by atoms with van der Waals surface area (Å²) in [5.41, 5.74) is 38.0. The van der Waals surface area contributed by atoms with Gasteiger partial charge in [-0.3, -0.25) is 0 Å². The van der Waals surface area contributed by atoms with E-state index in [-0.39, 0.29) is 0 Å². The van der Waals surface area contributed by atoms with Gasteiger partial charge >= 0.3 is 0 Å². The Morgan fingerprint density at radius 2 is 0.630 bits per heavy atom. The number of fused-ring (bicyclic) bond motifs is 12. The molecule has 0 spiro atoms. The zero-order chi connectivity index (χ0) is 102. The average molecular weight is 1940 g/mol. The van der Waals surface area contributed by atoms with Crippen molar-refractivity contribution in [3.05, 3.63) is 444 Å². The number of rotatable bonds is 17. The molecule has 12 heteroatoms. The van der Waals surface area contributed by atoms with Crippen molar-refractivity contribution in [3.63, 3.8) is 0 Å². The van der Waals surface area contributed by atoms with Gasteiger partial charge in [0.25, 0.3) is 28.9 Å². The Bertz CT molecular complexity index is 8450. The van der Waals surface area contributed by atoms with Crippen LogP contribution < -0.4 is 22.7 Å². The van der Waals surface area contributed by atoms with Gasteiger partial charge in [0.15, 0.2) is 0 Å². The van der Waals surface area contributed by atoms with E-state index in [1.54, 1.807) is 0 Å². The van der Waals surface area contributed by atoms with Gasteiger partial charge in [-0.05, 0) is 187 Å². The standard InChI is InChI=1S/C29H31N2O.C29H31N2S.C29H25N2.C29H33N2.C18H17N2/c2*1-18(2)23-17-24-22-13-9-10-14-25(22)32-28(24)26(19(3)4)27(23)31-16-15-30(6)29(31)21-12-8-7-11-20(21)5;1-22-12-9-10-17-25(22)29-30(2)20-21-31(29)28-26(23-13-5-3-6-14-23)18-11-19-27(28)24-15-7-4-8-16-24;1-20(2)26-18-24(23-13-8-7-9-14-23)19-27(21(3)4)28(26)31-17-16-30(6)29(31)25-15-11-10-12-22(25)5;1-12-7-6-9-15-14-8-4-5-10-16(14)20-11-13(2)19(3)18(20)17(12)15/h2*7-19H,1-6H3;3-21H,1-2H3;7-21H,1-6H3;4-11H,1-3H3/q5*+1. The van der Waals surface area contributed by atoms with Crippen molar-refractivity contribution in [1.82, 2.24) is 22.8 Å². The minimum atomic E-state index is 0.309. The number of aryl methyl sites for hydroxylation is 11. The van der Waals surface area contributed by atoms with Crippen molar-refractivity contribution >= 4 is 80.8 Å². The van der Waals surface area contributed by atoms with Gasteiger partial charge < -0.3 is 4.42 Å². The zero-order valence-electron chi connectivity index (χ0n) is 89.0. The zero-order valence-corrected chi connectivity index (χ0v) is 89.9. The fraction of sp³-hybridized carbons (Fsp3) is 0.216. The van der Waals surface area contributed by atoms with Gasteiger partial charge in [-0.15, -0.1) is 11.3 Å². The van der Waals surface area contributed by atoms with Crippen LogP contribution in [0.5, 0.6) is 0 Å². The number of pyridine rings is 1. The van der Waals surface area contributed by atoms with Crippen LogP contribution in [0.25, 0.3) is 171 Å². The van der Waals surface area contributed by atoms with Gasteiger partial charge in [-0.25, -0.2) is 22.8 Å². The van der Waals surface area contributed by atoms with Crippen molar-refractivity contribution in [2.75, 3.05) is 0 Å². The van der Waals surface area contributed by atoms with Crippen molar-refractivity contribution in [2.45, 2.75) is 160 Å². The van der Waals surface area contributed by atoms with Crippen molar-refractivity contribution in [2.24, 2.45) is 35.2 Å². The Morgan fingerprint density at radius 1 is 0.281 bits per heavy atom. The topological polar surface area (TPSA) is 57.4 Å². The number of thiophene rings is 1. The molecule has 0 radical (unpaired) electrons. The highest BCUT2D eigenvalue weighted by Crippen LogP contribution is 2.49. The molecule has 11 nitrogen and oxygen atoms in total. The summed E-state index contributed by atoms with van der Waals surface area (Å²) in [6.45, 7) is 40.7. The molecule has 0 atom stereocenters. The fourth-order valence-electron chi connectivity index (χ4n) is 21.9. The van der Waals surface area contributed by atoms with E-state index in [1.807, 2.05) is 17.4 Å². The van der Waals surface area contributed by atoms with Gasteiger partial charge in [0.05, 0.1) is 62.9 Å². The Morgan fingerprint density at radius 3 is 1.08 bits per heavy atom. The first-order valence-electron chi connectivity index (χ1n) is 51.8. The molecule has 0 saturated carbocycles. The van der Waals surface area contributed by atoms with Crippen LogP contribution in [0.15, 0.2) is 382 Å². The summed E-state index contributed by atoms with van der Waals surface area (Å²) in [6.07, 6.45) is 19.7. The highest BCUT2D eigenvalue weighted by atomic mass is 32.1. The van der Waals surface area contributed by atoms with Crippen LogP contribution >= 0.6 is 11.3 Å². The van der Waals surface area contributed by atoms with E-state index in [9.17, 15) is 0 Å². The van der Waals surface area contributed by atoms with E-state index in [2.05, 4.69) is 577 Å². The van der Waals surface area contributed by atoms with Crippen LogP contribution in [0.2, 0.25) is 0 Å². The lowest BCUT2D eigenvalue weighted by Gasteiger charge is -2.20. The molecule has 0 bridgehead atoms. The van der Waals surface area contributed by atoms with Crippen LogP contribution in [-0.4, -0.2) is 22.8 Å². The van der Waals surface area contributed by atoms with E-state index < -0.39 is 0 Å². The van der Waals surface area contributed by atoms with E-state index in [0.29, 0.717) is 35.5 Å². The SMILES string of the molecule is Cc1cccc2c3ccccc3[n+]3cc(C)n(C)c3c12.Cc1ccccc1-c1n(-c2c(-c3ccccc3)cccc2-c2ccccc2)cc[n+]1C.Cc1ccccc1-c1n(-c2c(C(C)C)cc(-c3ccccc3)cc2C(C)C)cc[n+]1C.Cc1ccccc1-c1n(-c2c(C(C)C)cc3c(oc4ccccc43)c2C(C)C)cc[n+]1C.Cc1ccccc1-c1n(-c2c(C(C)C)cc3c(sc4ccccc43)c2C(C)C)cc[n+]1C. The molecule has 0 fully saturated rings. The lowest BCUT2D eigenvalue weighted by atomic mass is 9.88. The van der Waals surface area contributed by atoms with Crippen molar-refractivity contribution < 1.29 is 27.1 Å². The second kappa shape index (κ2) is 42.0. The number of aromatic nitrogens is 10. The van der Waals surface area contributed by atoms with Crippen LogP contribution in [0, 0.1) is 41.5 Å². The predicted octanol–water partition coefficient (Wildman–Crippen LogP) is 32.8. The molecule has 0 aliphatic carbocycles. The van der Waals surface area contributed by atoms with Crippen molar-refractivity contribution in [3.8, 4) is 102 Å². The fourth-order valence-corrected chi connectivity index (χ4v) is 23.2. The van der Waals surface area contributed by atoms with Crippen molar-refractivity contribution in [1.29, 1.82) is 0 Å². The second-order valence-corrected chi connectivity index (χ2v) is 42.4. The highest BCUT2D eigenvalue weighted by Gasteiger charge is 2.36. The average Bonchev–Trinajstić information content (AvgIpc) is 1.57. The molecule has 0 unspecified atom stereocenters. The van der Waals surface area contributed by atoms with Gasteiger partial charge in [-0.2, -0.15) is 22.7 Å². The molecule has 0 N–H and O–H groups in total. The summed E-state index contributed by atoms with van der Waals surface area (Å²) < 4.78 is 32.4. The van der Waals surface area contributed by atoms with Gasteiger partial charge in [0.2, 0.25) is 0 Å². The summed E-state index contributed by atoms with van der Waals surface area (Å²) in [7, 11) is 10.7. The molecule has 730 valence electrons. The number of benzene rings is 15. The molecule has 0 aliphatic heterocycles. The quantitative estimate of drug-likeness (QED) is 0.0662. The number of imidazole rings is 5. The summed E-state index contributed by atoms with van der Waals surface area (Å²) >= 11 is 1.94. The maximum atomic E-state index is 6.50. The van der Waals surface area contributed by atoms with E-state index in [4.69, 9.17) is 4.42 Å². The van der Waals surface area contributed by atoms with Crippen LogP contribution in [0.3, 0.4) is 0 Å². The third kappa shape index (κ3) is 18.7. The Hall–Kier alpha value is -15.6. The summed E-state index contributed by atoms with van der Waals surface area (Å²) in [5.74, 6) is 7.13. The minimum absolute atomic E-state index is 0.309. The minimum Gasteiger partial charge on any atom is -0.456 e. The monoisotopic (exact) mass is 1930 g/mol. The van der Waals surface area contributed by atoms with Crippen LogP contribution in [0.4, 0.5) is 0 Å². The molecular weight excluding hydrogens is 1800 g/mol. The first kappa shape index (κ1) is 99.1. The Kier molecular flexibility index (Phi) is 28.5. The molecule has 23 rings (SSSR count). The maximum Gasteiger partial charge on any atom is 0.294 e. The lowest BCUT2D eigenvalue weighted by Crippen LogP contribution is -2.29. The summed E-state index contributed by atoms with van der Waals surface area (Å²) in [5, 5.41) is 9.18. The number of para-hydroxylation sites is 3. The third-order valence-electron chi connectivity index (χ3n) is 29.4. The Labute approximate surface area is 865 Å².